The number of carboxylic acid groups (broad SMARTS) is 1. The lowest BCUT2D eigenvalue weighted by atomic mass is 10.3. The van der Waals surface area contributed by atoms with Gasteiger partial charge in [-0.3, -0.25) is 9.20 Å². The summed E-state index contributed by atoms with van der Waals surface area (Å²) in [7, 11) is 0. The molecule has 0 aliphatic heterocycles. The van der Waals surface area contributed by atoms with E-state index in [0.29, 0.717) is 22.8 Å². The molecule has 122 valence electrons. The molecule has 0 atom stereocenters. The number of thioether (sulfide) groups is 1. The maximum Gasteiger partial charge on any atom is 0.309 e. The molecular weight excluding hydrogens is 324 g/mol. The van der Waals surface area contributed by atoms with Crippen LogP contribution in [-0.2, 0) is 11.2 Å². The van der Waals surface area contributed by atoms with Crippen molar-refractivity contribution in [3.05, 3.63) is 53.9 Å². The van der Waals surface area contributed by atoms with Gasteiger partial charge in [-0.2, -0.15) is 0 Å². The van der Waals surface area contributed by atoms with Gasteiger partial charge in [0.2, 0.25) is 0 Å². The van der Waals surface area contributed by atoms with Crippen LogP contribution in [0.25, 0.3) is 5.65 Å². The molecular formula is C17H16N4O2S. The lowest BCUT2D eigenvalue weighted by Gasteiger charge is -1.99. The Morgan fingerprint density at radius 2 is 2.12 bits per heavy atom. The quantitative estimate of drug-likeness (QED) is 0.551. The molecule has 0 aliphatic rings. The molecule has 0 radical (unpaired) electrons. The smallest absolute Gasteiger partial charge is 0.309 e. The fourth-order valence-electron chi connectivity index (χ4n) is 2.38. The van der Waals surface area contributed by atoms with Crippen LogP contribution in [0, 0.1) is 6.92 Å². The van der Waals surface area contributed by atoms with Crippen molar-refractivity contribution in [3.63, 3.8) is 0 Å². The molecule has 2 aromatic heterocycles. The summed E-state index contributed by atoms with van der Waals surface area (Å²) in [5, 5.41) is 17.7. The van der Waals surface area contributed by atoms with Crippen molar-refractivity contribution in [1.29, 1.82) is 0 Å². The Morgan fingerprint density at radius 3 is 2.88 bits per heavy atom. The number of fused-ring (bicyclic) bond motifs is 1. The molecule has 1 N–H and O–H groups in total. The van der Waals surface area contributed by atoms with Crippen LogP contribution >= 0.6 is 11.8 Å². The van der Waals surface area contributed by atoms with Crippen LogP contribution < -0.4 is 0 Å². The summed E-state index contributed by atoms with van der Waals surface area (Å²) in [6.45, 7) is 1.93. The third kappa shape index (κ3) is 3.30. The predicted octanol–water partition coefficient (Wildman–Crippen LogP) is 4.41. The van der Waals surface area contributed by atoms with Gasteiger partial charge in [0.25, 0.3) is 0 Å². The van der Waals surface area contributed by atoms with Gasteiger partial charge >= 0.3 is 5.97 Å². The molecule has 0 saturated heterocycles. The summed E-state index contributed by atoms with van der Waals surface area (Å²) >= 11 is 1.63. The third-order valence-electron chi connectivity index (χ3n) is 3.52. The zero-order chi connectivity index (χ0) is 17.1. The van der Waals surface area contributed by atoms with Crippen LogP contribution in [0.2, 0.25) is 0 Å². The molecule has 0 fully saturated rings. The summed E-state index contributed by atoms with van der Waals surface area (Å²) in [5.41, 5.74) is 2.77. The molecule has 6 nitrogen and oxygen atoms in total. The molecule has 3 aromatic rings. The van der Waals surface area contributed by atoms with Crippen molar-refractivity contribution in [2.75, 3.05) is 6.26 Å². The van der Waals surface area contributed by atoms with Crippen molar-refractivity contribution in [2.24, 2.45) is 10.2 Å². The van der Waals surface area contributed by atoms with Crippen LogP contribution in [0.1, 0.15) is 11.3 Å². The number of hydrogen-bond acceptors (Lipinski definition) is 5. The maximum atomic E-state index is 11.1. The standard InChI is InChI=1S/C17H16N4O2S/c1-11-5-4-8-21-16(11)18-14(10-15(22)23)17(21)20-19-12-6-3-7-13(9-12)24-2/h3-9H,10H2,1-2H3,(H,22,23). The molecule has 24 heavy (non-hydrogen) atoms. The summed E-state index contributed by atoms with van der Waals surface area (Å²) in [6, 6.07) is 11.5. The molecule has 3 rings (SSSR count). The Morgan fingerprint density at radius 1 is 1.29 bits per heavy atom. The number of pyridine rings is 1. The molecule has 0 bridgehead atoms. The fraction of sp³-hybridized carbons (Fsp3) is 0.176. The molecule has 0 aliphatic carbocycles. The highest BCUT2D eigenvalue weighted by Gasteiger charge is 2.15. The van der Waals surface area contributed by atoms with Crippen LogP contribution in [0.4, 0.5) is 11.5 Å². The first-order valence-electron chi connectivity index (χ1n) is 7.32. The minimum Gasteiger partial charge on any atom is -0.481 e. The number of aryl methyl sites for hydroxylation is 1. The Balaban J connectivity index is 2.07. The van der Waals surface area contributed by atoms with E-state index in [9.17, 15) is 4.79 Å². The number of carboxylic acids is 1. The van der Waals surface area contributed by atoms with Gasteiger partial charge in [-0.25, -0.2) is 4.98 Å². The minimum absolute atomic E-state index is 0.194. The number of imidazole rings is 1. The Hall–Kier alpha value is -2.67. The SMILES string of the molecule is CSc1cccc(N=Nc2c(CC(=O)O)nc3c(C)cccn23)c1. The maximum absolute atomic E-state index is 11.1. The zero-order valence-electron chi connectivity index (χ0n) is 13.3. The molecule has 2 heterocycles. The number of aliphatic carboxylic acids is 1. The van der Waals surface area contributed by atoms with E-state index in [1.807, 2.05) is 55.8 Å². The Labute approximate surface area is 143 Å². The number of hydrogen-bond donors (Lipinski definition) is 1. The van der Waals surface area contributed by atoms with Gasteiger partial charge in [0, 0.05) is 11.1 Å². The van der Waals surface area contributed by atoms with Crippen LogP contribution in [0.3, 0.4) is 0 Å². The minimum atomic E-state index is -0.947. The van der Waals surface area contributed by atoms with E-state index >= 15 is 0 Å². The van der Waals surface area contributed by atoms with Crippen molar-refractivity contribution >= 4 is 34.9 Å². The monoisotopic (exact) mass is 340 g/mol. The van der Waals surface area contributed by atoms with Crippen LogP contribution in [0.5, 0.6) is 0 Å². The first-order valence-corrected chi connectivity index (χ1v) is 8.55. The van der Waals surface area contributed by atoms with Crippen molar-refractivity contribution < 1.29 is 9.90 Å². The van der Waals surface area contributed by atoms with E-state index in [1.54, 1.807) is 16.2 Å². The molecule has 0 spiro atoms. The molecule has 0 unspecified atom stereocenters. The molecule has 0 saturated carbocycles. The highest BCUT2D eigenvalue weighted by atomic mass is 32.2. The Bertz CT molecular complexity index is 933. The highest BCUT2D eigenvalue weighted by molar-refractivity contribution is 7.98. The molecule has 7 heteroatoms. The van der Waals surface area contributed by atoms with Crippen LogP contribution in [-0.4, -0.2) is 26.7 Å². The summed E-state index contributed by atoms with van der Waals surface area (Å²) in [5.74, 6) is -0.498. The normalized spacial score (nSPS) is 11.4. The topological polar surface area (TPSA) is 79.3 Å². The lowest BCUT2D eigenvalue weighted by molar-refractivity contribution is -0.136. The number of aromatic nitrogens is 2. The summed E-state index contributed by atoms with van der Waals surface area (Å²) < 4.78 is 1.77. The molecule has 0 amide bonds. The number of carbonyl (C=O) groups is 1. The first-order chi connectivity index (χ1) is 11.6. The number of rotatable bonds is 5. The first kappa shape index (κ1) is 16.2. The van der Waals surface area contributed by atoms with Crippen molar-refractivity contribution in [3.8, 4) is 0 Å². The van der Waals surface area contributed by atoms with E-state index < -0.39 is 5.97 Å². The van der Waals surface area contributed by atoms with E-state index in [1.165, 1.54) is 0 Å². The third-order valence-corrected chi connectivity index (χ3v) is 4.25. The highest BCUT2D eigenvalue weighted by Crippen LogP contribution is 2.27. The lowest BCUT2D eigenvalue weighted by Crippen LogP contribution is -2.00. The van der Waals surface area contributed by atoms with Crippen LogP contribution in [0.15, 0.2) is 57.7 Å². The largest absolute Gasteiger partial charge is 0.481 e. The number of nitrogens with zero attached hydrogens (tertiary/aromatic N) is 4. The second-order valence-electron chi connectivity index (χ2n) is 5.24. The number of benzene rings is 1. The zero-order valence-corrected chi connectivity index (χ0v) is 14.1. The second kappa shape index (κ2) is 6.84. The second-order valence-corrected chi connectivity index (χ2v) is 6.12. The number of azo groups is 1. The van der Waals surface area contributed by atoms with Gasteiger partial charge < -0.3 is 5.11 Å². The molecule has 1 aromatic carbocycles. The van der Waals surface area contributed by atoms with Gasteiger partial charge in [0.1, 0.15) is 5.65 Å². The van der Waals surface area contributed by atoms with E-state index in [4.69, 9.17) is 5.11 Å². The summed E-state index contributed by atoms with van der Waals surface area (Å²) in [4.78, 5) is 16.6. The van der Waals surface area contributed by atoms with E-state index in [2.05, 4.69) is 15.2 Å². The van der Waals surface area contributed by atoms with Gasteiger partial charge in [-0.15, -0.1) is 22.0 Å². The fourth-order valence-corrected chi connectivity index (χ4v) is 2.84. The predicted molar refractivity (Wildman–Crippen MR) is 93.7 cm³/mol. The van der Waals surface area contributed by atoms with E-state index in [-0.39, 0.29) is 6.42 Å². The van der Waals surface area contributed by atoms with Gasteiger partial charge in [0.15, 0.2) is 5.82 Å². The van der Waals surface area contributed by atoms with Crippen molar-refractivity contribution in [1.82, 2.24) is 9.38 Å². The Kier molecular flexibility index (Phi) is 4.61. The summed E-state index contributed by atoms with van der Waals surface area (Å²) in [6.07, 6.45) is 3.61. The van der Waals surface area contributed by atoms with Gasteiger partial charge in [-0.05, 0) is 43.0 Å². The van der Waals surface area contributed by atoms with Crippen molar-refractivity contribution in [2.45, 2.75) is 18.2 Å². The van der Waals surface area contributed by atoms with E-state index in [0.717, 1.165) is 10.5 Å². The average molecular weight is 340 g/mol. The van der Waals surface area contributed by atoms with Gasteiger partial charge in [0.05, 0.1) is 17.8 Å². The van der Waals surface area contributed by atoms with Gasteiger partial charge in [-0.1, -0.05) is 12.1 Å². The average Bonchev–Trinajstić information content (AvgIpc) is 2.91.